The van der Waals surface area contributed by atoms with Crippen LogP contribution in [0.2, 0.25) is 0 Å². The van der Waals surface area contributed by atoms with E-state index in [1.165, 1.54) is 24.3 Å². The molecular weight excluding hydrogens is 315 g/mol. The number of nitrogens with one attached hydrogen (secondary N) is 1. The van der Waals surface area contributed by atoms with Crippen molar-refractivity contribution in [2.75, 3.05) is 5.32 Å². The number of urea groups is 1. The summed E-state index contributed by atoms with van der Waals surface area (Å²) in [5.74, 6) is -0.425. The van der Waals surface area contributed by atoms with Gasteiger partial charge in [-0.25, -0.2) is 13.4 Å². The molecule has 0 aliphatic heterocycles. The van der Waals surface area contributed by atoms with Crippen molar-refractivity contribution in [2.24, 2.45) is 4.36 Å². The first-order chi connectivity index (χ1) is 9.87. The Labute approximate surface area is 126 Å². The fourth-order valence-corrected chi connectivity index (χ4v) is 2.88. The summed E-state index contributed by atoms with van der Waals surface area (Å²) < 4.78 is 28.5. The van der Waals surface area contributed by atoms with Crippen molar-refractivity contribution in [3.63, 3.8) is 0 Å². The number of rotatable bonds is 2. The molecule has 1 N–H and O–H groups in total. The zero-order valence-electron chi connectivity index (χ0n) is 11.0. The van der Waals surface area contributed by atoms with Gasteiger partial charge in [0.05, 0.1) is 4.90 Å². The standard InChI is InChI=1S/C14H12ClFN2O2S/c1-10-2-8-13(9-3-10)21(15,20)18-14(19)17-12-6-4-11(16)5-7-12/h2-9H,1H3,(H,17,19). The van der Waals surface area contributed by atoms with Crippen molar-refractivity contribution in [3.05, 3.63) is 59.9 Å². The van der Waals surface area contributed by atoms with Gasteiger partial charge in [-0.2, -0.15) is 0 Å². The second-order valence-corrected chi connectivity index (χ2v) is 7.13. The summed E-state index contributed by atoms with van der Waals surface area (Å²) >= 11 is 0. The van der Waals surface area contributed by atoms with E-state index in [4.69, 9.17) is 10.7 Å². The highest BCUT2D eigenvalue weighted by Crippen LogP contribution is 2.19. The van der Waals surface area contributed by atoms with Crippen molar-refractivity contribution >= 4 is 31.3 Å². The Balaban J connectivity index is 2.21. The monoisotopic (exact) mass is 326 g/mol. The molecule has 0 saturated carbocycles. The number of amides is 2. The molecule has 21 heavy (non-hydrogen) atoms. The normalized spacial score (nSPS) is 13.3. The van der Waals surface area contributed by atoms with Crippen LogP contribution in [0.15, 0.2) is 57.8 Å². The van der Waals surface area contributed by atoms with Crippen LogP contribution in [-0.2, 0) is 8.94 Å². The SMILES string of the molecule is Cc1ccc(S(=O)(Cl)=NC(=O)Nc2ccc(F)cc2)cc1. The Kier molecular flexibility index (Phi) is 4.59. The number of hydrogen-bond acceptors (Lipinski definition) is 2. The van der Waals surface area contributed by atoms with Gasteiger partial charge >= 0.3 is 6.03 Å². The van der Waals surface area contributed by atoms with Crippen LogP contribution >= 0.6 is 10.7 Å². The van der Waals surface area contributed by atoms with Crippen LogP contribution < -0.4 is 5.32 Å². The molecule has 0 aromatic heterocycles. The van der Waals surface area contributed by atoms with Gasteiger partial charge in [0.2, 0.25) is 0 Å². The molecular formula is C14H12ClFN2O2S. The molecule has 1 unspecified atom stereocenters. The number of halogens is 2. The average molecular weight is 327 g/mol. The topological polar surface area (TPSA) is 58.5 Å². The maximum Gasteiger partial charge on any atom is 0.354 e. The highest BCUT2D eigenvalue weighted by molar-refractivity contribution is 8.15. The van der Waals surface area contributed by atoms with Crippen molar-refractivity contribution in [1.29, 1.82) is 0 Å². The number of carbonyl (C=O) groups excluding carboxylic acids is 1. The van der Waals surface area contributed by atoms with Crippen LogP contribution in [0.5, 0.6) is 0 Å². The van der Waals surface area contributed by atoms with E-state index in [0.717, 1.165) is 5.56 Å². The molecule has 0 fully saturated rings. The van der Waals surface area contributed by atoms with Crippen molar-refractivity contribution in [2.45, 2.75) is 11.8 Å². The average Bonchev–Trinajstić information content (AvgIpc) is 2.41. The number of benzene rings is 2. The molecule has 7 heteroatoms. The van der Waals surface area contributed by atoms with Gasteiger partial charge in [0.1, 0.15) is 5.82 Å². The summed E-state index contributed by atoms with van der Waals surface area (Å²) in [5, 5.41) is 2.37. The maximum atomic E-state index is 12.7. The Bertz CT molecular complexity index is 767. The lowest BCUT2D eigenvalue weighted by molar-refractivity contribution is 0.260. The minimum absolute atomic E-state index is 0.254. The number of aryl methyl sites for hydroxylation is 1. The highest BCUT2D eigenvalue weighted by atomic mass is 35.7. The fourth-order valence-electron chi connectivity index (χ4n) is 1.54. The first-order valence-electron chi connectivity index (χ1n) is 5.97. The Hall–Kier alpha value is -1.92. The van der Waals surface area contributed by atoms with Crippen LogP contribution in [0.4, 0.5) is 14.9 Å². The third kappa shape index (κ3) is 4.27. The van der Waals surface area contributed by atoms with Crippen LogP contribution in [0.1, 0.15) is 5.56 Å². The van der Waals surface area contributed by atoms with E-state index in [0.29, 0.717) is 5.69 Å². The maximum absolute atomic E-state index is 12.7. The lowest BCUT2D eigenvalue weighted by Gasteiger charge is -2.04. The van der Waals surface area contributed by atoms with Crippen molar-refractivity contribution in [1.82, 2.24) is 0 Å². The molecule has 0 saturated heterocycles. The molecule has 0 radical (unpaired) electrons. The third-order valence-corrected chi connectivity index (χ3v) is 4.60. The summed E-state index contributed by atoms with van der Waals surface area (Å²) in [6, 6.07) is 10.8. The van der Waals surface area contributed by atoms with Gasteiger partial charge < -0.3 is 5.32 Å². The molecule has 0 aliphatic rings. The lowest BCUT2D eigenvalue weighted by atomic mass is 10.2. The predicted octanol–water partition coefficient (Wildman–Crippen LogP) is 4.35. The van der Waals surface area contributed by atoms with Gasteiger partial charge in [-0.05, 0) is 43.3 Å². The number of nitrogens with zero attached hydrogens (tertiary/aromatic N) is 1. The smallest absolute Gasteiger partial charge is 0.306 e. The number of anilines is 1. The van der Waals surface area contributed by atoms with E-state index in [-0.39, 0.29) is 4.90 Å². The summed E-state index contributed by atoms with van der Waals surface area (Å²) in [7, 11) is 2.50. The molecule has 110 valence electrons. The molecule has 0 spiro atoms. The quantitative estimate of drug-likeness (QED) is 0.834. The van der Waals surface area contributed by atoms with E-state index in [9.17, 15) is 13.4 Å². The van der Waals surface area contributed by atoms with Gasteiger partial charge in [-0.3, -0.25) is 0 Å². The van der Waals surface area contributed by atoms with Gasteiger partial charge in [-0.1, -0.05) is 17.7 Å². The zero-order valence-corrected chi connectivity index (χ0v) is 12.6. The summed E-state index contributed by atoms with van der Waals surface area (Å²) in [5.41, 5.74) is 1.31. The Morgan fingerprint density at radius 2 is 1.71 bits per heavy atom. The summed E-state index contributed by atoms with van der Waals surface area (Å²) in [6.45, 7) is 1.87. The predicted molar refractivity (Wildman–Crippen MR) is 81.3 cm³/mol. The molecule has 2 rings (SSSR count). The first-order valence-corrected chi connectivity index (χ1v) is 8.31. The molecule has 1 atom stereocenters. The van der Waals surface area contributed by atoms with Gasteiger partial charge in [-0.15, -0.1) is 4.36 Å². The second-order valence-electron chi connectivity index (χ2n) is 4.30. The third-order valence-electron chi connectivity index (χ3n) is 2.61. The molecule has 0 heterocycles. The van der Waals surface area contributed by atoms with Crippen molar-refractivity contribution < 1.29 is 13.4 Å². The van der Waals surface area contributed by atoms with E-state index >= 15 is 0 Å². The van der Waals surface area contributed by atoms with E-state index in [2.05, 4.69) is 9.68 Å². The van der Waals surface area contributed by atoms with Gasteiger partial charge in [0.15, 0.2) is 8.94 Å². The van der Waals surface area contributed by atoms with Crippen LogP contribution in [0.25, 0.3) is 0 Å². The highest BCUT2D eigenvalue weighted by Gasteiger charge is 2.12. The minimum Gasteiger partial charge on any atom is -0.306 e. The molecule has 2 aromatic carbocycles. The first kappa shape index (κ1) is 15.5. The van der Waals surface area contributed by atoms with Crippen LogP contribution in [0, 0.1) is 12.7 Å². The van der Waals surface area contributed by atoms with E-state index < -0.39 is 20.8 Å². The van der Waals surface area contributed by atoms with Gasteiger partial charge in [0, 0.05) is 16.4 Å². The summed E-state index contributed by atoms with van der Waals surface area (Å²) in [4.78, 5) is 12.0. The number of carbonyl (C=O) groups is 1. The van der Waals surface area contributed by atoms with Crippen molar-refractivity contribution in [3.8, 4) is 0 Å². The molecule has 4 nitrogen and oxygen atoms in total. The summed E-state index contributed by atoms with van der Waals surface area (Å²) in [6.07, 6.45) is 0. The molecule has 0 aliphatic carbocycles. The van der Waals surface area contributed by atoms with Gasteiger partial charge in [0.25, 0.3) is 0 Å². The lowest BCUT2D eigenvalue weighted by Crippen LogP contribution is -2.08. The minimum atomic E-state index is -3.34. The Morgan fingerprint density at radius 3 is 2.29 bits per heavy atom. The van der Waals surface area contributed by atoms with Crippen LogP contribution in [-0.4, -0.2) is 10.2 Å². The van der Waals surface area contributed by atoms with E-state index in [1.807, 2.05) is 6.92 Å². The number of hydrogen-bond donors (Lipinski definition) is 1. The molecule has 2 aromatic rings. The fraction of sp³-hybridized carbons (Fsp3) is 0.0714. The molecule has 2 amide bonds. The second kappa shape index (κ2) is 6.24. The Morgan fingerprint density at radius 1 is 1.14 bits per heavy atom. The van der Waals surface area contributed by atoms with E-state index in [1.54, 1.807) is 24.3 Å². The zero-order chi connectivity index (χ0) is 15.5. The van der Waals surface area contributed by atoms with Crippen LogP contribution in [0.3, 0.4) is 0 Å². The molecule has 0 bridgehead atoms. The largest absolute Gasteiger partial charge is 0.354 e.